The van der Waals surface area contributed by atoms with Crippen LogP contribution < -0.4 is 0 Å². The van der Waals surface area contributed by atoms with Gasteiger partial charge in [-0.3, -0.25) is 9.80 Å². The lowest BCUT2D eigenvalue weighted by atomic mass is 9.86. The zero-order chi connectivity index (χ0) is 16.2. The number of benzene rings is 1. The Morgan fingerprint density at radius 2 is 1.74 bits per heavy atom. The molecule has 1 heterocycles. The zero-order valence-corrected chi connectivity index (χ0v) is 14.9. The normalized spacial score (nSPS) is 28.7. The SMILES string of the molecule is CC1CCC(N2CCN(CC(O)c3ccccc3Cl)CC2)CC1. The first-order valence-corrected chi connectivity index (χ1v) is 9.40. The van der Waals surface area contributed by atoms with Crippen molar-refractivity contribution >= 4 is 11.6 Å². The number of aliphatic hydroxyl groups excluding tert-OH is 1. The maximum Gasteiger partial charge on any atom is 0.0931 e. The third kappa shape index (κ3) is 4.48. The van der Waals surface area contributed by atoms with E-state index < -0.39 is 6.10 Å². The highest BCUT2D eigenvalue weighted by Crippen LogP contribution is 2.28. The van der Waals surface area contributed by atoms with E-state index in [1.165, 1.54) is 25.7 Å². The van der Waals surface area contributed by atoms with Gasteiger partial charge in [-0.05, 0) is 37.7 Å². The number of aliphatic hydroxyl groups is 1. The van der Waals surface area contributed by atoms with Gasteiger partial charge in [0.05, 0.1) is 6.10 Å². The largest absolute Gasteiger partial charge is 0.387 e. The molecule has 1 saturated heterocycles. The minimum absolute atomic E-state index is 0.495. The number of hydrogen-bond donors (Lipinski definition) is 1. The minimum Gasteiger partial charge on any atom is -0.387 e. The Morgan fingerprint density at radius 3 is 2.39 bits per heavy atom. The number of β-amino-alcohol motifs (C(OH)–C–C–N with tert-alkyl or cyclic N) is 1. The van der Waals surface area contributed by atoms with Crippen molar-refractivity contribution in [3.63, 3.8) is 0 Å². The highest BCUT2D eigenvalue weighted by molar-refractivity contribution is 6.31. The summed E-state index contributed by atoms with van der Waals surface area (Å²) in [6, 6.07) is 8.41. The van der Waals surface area contributed by atoms with Crippen LogP contribution in [-0.4, -0.2) is 53.7 Å². The van der Waals surface area contributed by atoms with E-state index in [0.29, 0.717) is 11.6 Å². The standard InChI is InChI=1S/C19H29ClN2O/c1-15-6-8-16(9-7-15)22-12-10-21(11-13-22)14-19(23)17-4-2-3-5-18(17)20/h2-5,15-16,19,23H,6-14H2,1H3. The van der Waals surface area contributed by atoms with E-state index in [1.54, 1.807) is 0 Å². The first kappa shape index (κ1) is 17.2. The molecule has 3 rings (SSSR count). The molecule has 1 aromatic rings. The summed E-state index contributed by atoms with van der Waals surface area (Å²) >= 11 is 6.19. The van der Waals surface area contributed by atoms with Crippen molar-refractivity contribution in [3.8, 4) is 0 Å². The molecule has 4 heteroatoms. The zero-order valence-electron chi connectivity index (χ0n) is 14.1. The summed E-state index contributed by atoms with van der Waals surface area (Å²) in [5.74, 6) is 0.915. The Kier molecular flexibility index (Phi) is 5.97. The van der Waals surface area contributed by atoms with Crippen molar-refractivity contribution < 1.29 is 5.11 Å². The van der Waals surface area contributed by atoms with E-state index >= 15 is 0 Å². The summed E-state index contributed by atoms with van der Waals surface area (Å²) in [7, 11) is 0. The average Bonchev–Trinajstić information content (AvgIpc) is 2.57. The molecule has 1 aromatic carbocycles. The molecule has 1 unspecified atom stereocenters. The summed E-state index contributed by atoms with van der Waals surface area (Å²) in [4.78, 5) is 5.04. The smallest absolute Gasteiger partial charge is 0.0931 e. The molecule has 1 saturated carbocycles. The minimum atomic E-state index is -0.495. The van der Waals surface area contributed by atoms with Crippen LogP contribution in [0.2, 0.25) is 5.02 Å². The molecule has 128 valence electrons. The van der Waals surface area contributed by atoms with Crippen LogP contribution in [0.1, 0.15) is 44.3 Å². The molecule has 1 aliphatic heterocycles. The molecule has 0 bridgehead atoms. The summed E-state index contributed by atoms with van der Waals surface area (Å²) in [6.07, 6.45) is 5.00. The van der Waals surface area contributed by atoms with Gasteiger partial charge >= 0.3 is 0 Å². The van der Waals surface area contributed by atoms with Gasteiger partial charge in [-0.15, -0.1) is 0 Å². The van der Waals surface area contributed by atoms with Gasteiger partial charge in [-0.2, -0.15) is 0 Å². The lowest BCUT2D eigenvalue weighted by Crippen LogP contribution is -2.51. The maximum absolute atomic E-state index is 10.5. The lowest BCUT2D eigenvalue weighted by molar-refractivity contribution is 0.0439. The second kappa shape index (κ2) is 7.98. The number of piperazine rings is 1. The third-order valence-electron chi connectivity index (χ3n) is 5.60. The topological polar surface area (TPSA) is 26.7 Å². The fraction of sp³-hybridized carbons (Fsp3) is 0.684. The molecule has 0 amide bonds. The number of halogens is 1. The van der Waals surface area contributed by atoms with E-state index in [1.807, 2.05) is 24.3 Å². The van der Waals surface area contributed by atoms with Crippen LogP contribution in [0.3, 0.4) is 0 Å². The molecular weight excluding hydrogens is 308 g/mol. The molecule has 1 aliphatic carbocycles. The van der Waals surface area contributed by atoms with Crippen molar-refractivity contribution in [2.45, 2.75) is 44.8 Å². The van der Waals surface area contributed by atoms with Gasteiger partial charge < -0.3 is 5.11 Å². The van der Waals surface area contributed by atoms with E-state index in [0.717, 1.165) is 43.7 Å². The molecule has 2 aliphatic rings. The third-order valence-corrected chi connectivity index (χ3v) is 5.95. The first-order chi connectivity index (χ1) is 11.1. The molecule has 0 spiro atoms. The van der Waals surface area contributed by atoms with Crippen molar-refractivity contribution in [1.82, 2.24) is 9.80 Å². The van der Waals surface area contributed by atoms with Gasteiger partial charge in [0.15, 0.2) is 0 Å². The Balaban J connectivity index is 1.47. The highest BCUT2D eigenvalue weighted by atomic mass is 35.5. The van der Waals surface area contributed by atoms with E-state index in [4.69, 9.17) is 11.6 Å². The van der Waals surface area contributed by atoms with Crippen molar-refractivity contribution in [3.05, 3.63) is 34.9 Å². The Bertz CT molecular complexity index is 494. The predicted octanol–water partition coefficient (Wildman–Crippen LogP) is 3.57. The van der Waals surface area contributed by atoms with Crippen LogP contribution in [-0.2, 0) is 0 Å². The average molecular weight is 337 g/mol. The van der Waals surface area contributed by atoms with E-state index in [-0.39, 0.29) is 0 Å². The fourth-order valence-electron chi connectivity index (χ4n) is 4.01. The second-order valence-electron chi connectivity index (χ2n) is 7.29. The molecule has 0 radical (unpaired) electrons. The monoisotopic (exact) mass is 336 g/mol. The number of hydrogen-bond acceptors (Lipinski definition) is 3. The second-order valence-corrected chi connectivity index (χ2v) is 7.69. The van der Waals surface area contributed by atoms with Crippen LogP contribution >= 0.6 is 11.6 Å². The van der Waals surface area contributed by atoms with Crippen LogP contribution in [0.25, 0.3) is 0 Å². The Morgan fingerprint density at radius 1 is 1.09 bits per heavy atom. The van der Waals surface area contributed by atoms with Gasteiger partial charge in [0, 0.05) is 49.4 Å². The van der Waals surface area contributed by atoms with Gasteiger partial charge in [-0.1, -0.05) is 36.7 Å². The molecule has 1 atom stereocenters. The Hall–Kier alpha value is -0.610. The van der Waals surface area contributed by atoms with Gasteiger partial charge in [0.2, 0.25) is 0 Å². The Labute approximate surface area is 145 Å². The summed E-state index contributed by atoms with van der Waals surface area (Å²) in [5, 5.41) is 11.1. The summed E-state index contributed by atoms with van der Waals surface area (Å²) < 4.78 is 0. The van der Waals surface area contributed by atoms with E-state index in [2.05, 4.69) is 16.7 Å². The predicted molar refractivity (Wildman–Crippen MR) is 95.8 cm³/mol. The quantitative estimate of drug-likeness (QED) is 0.910. The molecule has 3 nitrogen and oxygen atoms in total. The van der Waals surface area contributed by atoms with Crippen LogP contribution in [0.5, 0.6) is 0 Å². The molecule has 23 heavy (non-hydrogen) atoms. The summed E-state index contributed by atoms with van der Waals surface area (Å²) in [6.45, 7) is 7.42. The van der Waals surface area contributed by atoms with Crippen molar-refractivity contribution in [2.75, 3.05) is 32.7 Å². The fourth-order valence-corrected chi connectivity index (χ4v) is 4.27. The van der Waals surface area contributed by atoms with Gasteiger partial charge in [0.1, 0.15) is 0 Å². The van der Waals surface area contributed by atoms with Crippen molar-refractivity contribution in [1.29, 1.82) is 0 Å². The lowest BCUT2D eigenvalue weighted by Gasteiger charge is -2.42. The molecule has 1 N–H and O–H groups in total. The molecular formula is C19H29ClN2O. The highest BCUT2D eigenvalue weighted by Gasteiger charge is 2.27. The number of nitrogens with zero attached hydrogens (tertiary/aromatic N) is 2. The van der Waals surface area contributed by atoms with Gasteiger partial charge in [0.25, 0.3) is 0 Å². The molecule has 0 aromatic heterocycles. The number of rotatable bonds is 4. The maximum atomic E-state index is 10.5. The van der Waals surface area contributed by atoms with Crippen LogP contribution in [0, 0.1) is 5.92 Å². The van der Waals surface area contributed by atoms with Crippen LogP contribution in [0.4, 0.5) is 0 Å². The van der Waals surface area contributed by atoms with Gasteiger partial charge in [-0.25, -0.2) is 0 Å². The summed E-state index contributed by atoms with van der Waals surface area (Å²) in [5.41, 5.74) is 0.845. The van der Waals surface area contributed by atoms with Crippen LogP contribution in [0.15, 0.2) is 24.3 Å². The van der Waals surface area contributed by atoms with E-state index in [9.17, 15) is 5.11 Å². The first-order valence-electron chi connectivity index (χ1n) is 9.02. The molecule has 2 fully saturated rings. The van der Waals surface area contributed by atoms with Crippen molar-refractivity contribution in [2.24, 2.45) is 5.92 Å².